The zero-order valence-electron chi connectivity index (χ0n) is 22.9. The first-order valence-corrected chi connectivity index (χ1v) is 15.5. The molecule has 0 aliphatic carbocycles. The molecular formula is C30H36BrN3O4S. The fourth-order valence-electron chi connectivity index (χ4n) is 4.29. The van der Waals surface area contributed by atoms with Crippen molar-refractivity contribution in [3.63, 3.8) is 0 Å². The second-order valence-electron chi connectivity index (χ2n) is 9.65. The van der Waals surface area contributed by atoms with Crippen molar-refractivity contribution in [1.29, 1.82) is 0 Å². The van der Waals surface area contributed by atoms with Crippen molar-refractivity contribution in [2.75, 3.05) is 23.7 Å². The SMILES string of the molecule is CCCNC(=O)C(Cc1ccccc1)N(Cc1ccccc1C)C(=O)CN(c1ccc(Br)c(C)c1)S(C)(=O)=O. The number of nitrogens with zero attached hydrogens (tertiary/aromatic N) is 2. The summed E-state index contributed by atoms with van der Waals surface area (Å²) in [5.74, 6) is -0.732. The lowest BCUT2D eigenvalue weighted by atomic mass is 10.0. The maximum Gasteiger partial charge on any atom is 0.244 e. The summed E-state index contributed by atoms with van der Waals surface area (Å²) in [6, 6.07) is 21.5. The maximum atomic E-state index is 14.1. The molecule has 0 aliphatic rings. The summed E-state index contributed by atoms with van der Waals surface area (Å²) in [6.45, 7) is 5.98. The summed E-state index contributed by atoms with van der Waals surface area (Å²) in [7, 11) is -3.81. The molecule has 3 aromatic rings. The third-order valence-electron chi connectivity index (χ3n) is 6.53. The molecule has 1 N–H and O–H groups in total. The lowest BCUT2D eigenvalue weighted by Crippen LogP contribution is -2.53. The molecule has 0 spiro atoms. The molecule has 0 fully saturated rings. The van der Waals surface area contributed by atoms with E-state index >= 15 is 0 Å². The van der Waals surface area contributed by atoms with E-state index in [9.17, 15) is 18.0 Å². The molecule has 0 radical (unpaired) electrons. The van der Waals surface area contributed by atoms with E-state index in [1.54, 1.807) is 18.2 Å². The molecule has 39 heavy (non-hydrogen) atoms. The van der Waals surface area contributed by atoms with Crippen LogP contribution >= 0.6 is 15.9 Å². The number of nitrogens with one attached hydrogen (secondary N) is 1. The van der Waals surface area contributed by atoms with E-state index in [1.165, 1.54) is 4.90 Å². The van der Waals surface area contributed by atoms with E-state index in [4.69, 9.17) is 0 Å². The van der Waals surface area contributed by atoms with E-state index in [2.05, 4.69) is 21.2 Å². The van der Waals surface area contributed by atoms with Gasteiger partial charge >= 0.3 is 0 Å². The highest BCUT2D eigenvalue weighted by Gasteiger charge is 2.33. The topological polar surface area (TPSA) is 86.8 Å². The van der Waals surface area contributed by atoms with Gasteiger partial charge in [0.25, 0.3) is 0 Å². The lowest BCUT2D eigenvalue weighted by molar-refractivity contribution is -0.140. The number of hydrogen-bond acceptors (Lipinski definition) is 4. The number of sulfonamides is 1. The summed E-state index contributed by atoms with van der Waals surface area (Å²) in [5, 5.41) is 2.95. The Morgan fingerprint density at radius 1 is 0.949 bits per heavy atom. The van der Waals surface area contributed by atoms with Crippen LogP contribution in [0.3, 0.4) is 0 Å². The number of amides is 2. The number of anilines is 1. The normalized spacial score (nSPS) is 12.0. The van der Waals surface area contributed by atoms with Crippen LogP contribution in [0, 0.1) is 13.8 Å². The maximum absolute atomic E-state index is 14.1. The van der Waals surface area contributed by atoms with E-state index < -0.39 is 28.5 Å². The summed E-state index contributed by atoms with van der Waals surface area (Å²) in [5.41, 5.74) is 3.99. The van der Waals surface area contributed by atoms with Gasteiger partial charge in [0, 0.05) is 24.0 Å². The Hall–Kier alpha value is -3.17. The Morgan fingerprint density at radius 3 is 2.23 bits per heavy atom. The Labute approximate surface area is 240 Å². The number of rotatable bonds is 12. The Morgan fingerprint density at radius 2 is 1.62 bits per heavy atom. The van der Waals surface area contributed by atoms with Gasteiger partial charge in [-0.3, -0.25) is 13.9 Å². The number of benzene rings is 3. The predicted octanol–water partition coefficient (Wildman–Crippen LogP) is 5.00. The Kier molecular flexibility index (Phi) is 10.7. The van der Waals surface area contributed by atoms with Gasteiger partial charge in [0.05, 0.1) is 11.9 Å². The van der Waals surface area contributed by atoms with Gasteiger partial charge in [-0.15, -0.1) is 0 Å². The molecule has 2 amide bonds. The third kappa shape index (κ3) is 8.41. The summed E-state index contributed by atoms with van der Waals surface area (Å²) in [4.78, 5) is 29.1. The minimum absolute atomic E-state index is 0.166. The molecule has 0 aliphatic heterocycles. The second kappa shape index (κ2) is 13.8. The van der Waals surface area contributed by atoms with Crippen LogP contribution < -0.4 is 9.62 Å². The molecule has 3 rings (SSSR count). The molecule has 9 heteroatoms. The smallest absolute Gasteiger partial charge is 0.244 e. The van der Waals surface area contributed by atoms with Crippen LogP contribution in [-0.4, -0.2) is 50.5 Å². The number of hydrogen-bond donors (Lipinski definition) is 1. The lowest BCUT2D eigenvalue weighted by Gasteiger charge is -2.34. The fourth-order valence-corrected chi connectivity index (χ4v) is 5.38. The van der Waals surface area contributed by atoms with Gasteiger partial charge in [-0.05, 0) is 60.7 Å². The van der Waals surface area contributed by atoms with Crippen molar-refractivity contribution in [3.05, 3.63) is 99.5 Å². The van der Waals surface area contributed by atoms with Gasteiger partial charge in [0.15, 0.2) is 0 Å². The number of halogens is 1. The van der Waals surface area contributed by atoms with Crippen molar-refractivity contribution < 1.29 is 18.0 Å². The predicted molar refractivity (Wildman–Crippen MR) is 160 cm³/mol. The van der Waals surface area contributed by atoms with Gasteiger partial charge in [-0.25, -0.2) is 8.42 Å². The number of aryl methyl sites for hydroxylation is 2. The second-order valence-corrected chi connectivity index (χ2v) is 12.4. The zero-order chi connectivity index (χ0) is 28.6. The standard InChI is InChI=1S/C30H36BrN3O4S/c1-5-17-32-30(36)28(19-24-12-7-6-8-13-24)33(20-25-14-10-9-11-22(25)2)29(35)21-34(39(4,37)38)26-15-16-27(31)23(3)18-26/h6-16,18,28H,5,17,19-21H2,1-4H3,(H,32,36). The van der Waals surface area contributed by atoms with Gasteiger partial charge in [0.1, 0.15) is 12.6 Å². The summed E-state index contributed by atoms with van der Waals surface area (Å²) in [6.07, 6.45) is 2.13. The van der Waals surface area contributed by atoms with Crippen LogP contribution in [0.2, 0.25) is 0 Å². The largest absolute Gasteiger partial charge is 0.354 e. The Bertz CT molecular complexity index is 1400. The van der Waals surface area contributed by atoms with Crippen molar-refractivity contribution >= 4 is 43.5 Å². The summed E-state index contributed by atoms with van der Waals surface area (Å²) < 4.78 is 27.7. The van der Waals surface area contributed by atoms with Crippen molar-refractivity contribution in [2.24, 2.45) is 0 Å². The highest BCUT2D eigenvalue weighted by molar-refractivity contribution is 9.10. The first-order valence-electron chi connectivity index (χ1n) is 12.9. The average Bonchev–Trinajstić information content (AvgIpc) is 2.90. The molecule has 0 saturated carbocycles. The monoisotopic (exact) mass is 613 g/mol. The molecule has 0 bridgehead atoms. The average molecular weight is 615 g/mol. The third-order valence-corrected chi connectivity index (χ3v) is 8.56. The van der Waals surface area contributed by atoms with E-state index in [0.29, 0.717) is 18.7 Å². The van der Waals surface area contributed by atoms with E-state index in [-0.39, 0.29) is 12.5 Å². The van der Waals surface area contributed by atoms with Crippen LogP contribution in [0.4, 0.5) is 5.69 Å². The minimum atomic E-state index is -3.81. The van der Waals surface area contributed by atoms with Crippen LogP contribution in [-0.2, 0) is 32.6 Å². The molecule has 0 saturated heterocycles. The van der Waals surface area contributed by atoms with Crippen LogP contribution in [0.5, 0.6) is 0 Å². The van der Waals surface area contributed by atoms with Gasteiger partial charge in [-0.2, -0.15) is 0 Å². The van der Waals surface area contributed by atoms with Crippen LogP contribution in [0.1, 0.15) is 35.6 Å². The molecule has 1 unspecified atom stereocenters. The molecule has 3 aromatic carbocycles. The molecule has 208 valence electrons. The number of carbonyl (C=O) groups is 2. The first kappa shape index (κ1) is 30.4. The molecule has 0 aromatic heterocycles. The fraction of sp³-hybridized carbons (Fsp3) is 0.333. The van der Waals surface area contributed by atoms with Gasteiger partial charge in [-0.1, -0.05) is 77.5 Å². The Balaban J connectivity index is 2.06. The molecule has 0 heterocycles. The first-order chi connectivity index (χ1) is 18.5. The highest BCUT2D eigenvalue weighted by atomic mass is 79.9. The van der Waals surface area contributed by atoms with Crippen LogP contribution in [0.25, 0.3) is 0 Å². The van der Waals surface area contributed by atoms with Crippen molar-refractivity contribution in [3.8, 4) is 0 Å². The van der Waals surface area contributed by atoms with Crippen LogP contribution in [0.15, 0.2) is 77.3 Å². The number of carbonyl (C=O) groups excluding carboxylic acids is 2. The van der Waals surface area contributed by atoms with Gasteiger partial charge in [0.2, 0.25) is 21.8 Å². The van der Waals surface area contributed by atoms with Crippen molar-refractivity contribution in [1.82, 2.24) is 10.2 Å². The summed E-state index contributed by atoms with van der Waals surface area (Å²) >= 11 is 3.45. The van der Waals surface area contributed by atoms with Gasteiger partial charge < -0.3 is 10.2 Å². The highest BCUT2D eigenvalue weighted by Crippen LogP contribution is 2.25. The quantitative estimate of drug-likeness (QED) is 0.311. The van der Waals surface area contributed by atoms with E-state index in [0.717, 1.165) is 43.7 Å². The molecule has 1 atom stereocenters. The molecule has 7 nitrogen and oxygen atoms in total. The van der Waals surface area contributed by atoms with Crippen molar-refractivity contribution in [2.45, 2.75) is 46.2 Å². The molecular weight excluding hydrogens is 578 g/mol. The zero-order valence-corrected chi connectivity index (χ0v) is 25.3. The minimum Gasteiger partial charge on any atom is -0.354 e. The van der Waals surface area contributed by atoms with E-state index in [1.807, 2.05) is 75.4 Å².